The molecule has 3 aromatic carbocycles. The first-order chi connectivity index (χ1) is 14.9. The molecule has 31 heavy (non-hydrogen) atoms. The van der Waals surface area contributed by atoms with Crippen LogP contribution in [0.15, 0.2) is 59.0 Å². The van der Waals surface area contributed by atoms with Gasteiger partial charge in [0.2, 0.25) is 5.89 Å². The average molecular weight is 443 g/mol. The van der Waals surface area contributed by atoms with Crippen molar-refractivity contribution < 1.29 is 22.7 Å². The zero-order valence-electron chi connectivity index (χ0n) is 16.4. The Labute approximate surface area is 181 Å². The number of oxazole rings is 1. The number of rotatable bonds is 6. The number of nitrogens with one attached hydrogen (secondary N) is 1. The molecule has 0 unspecified atom stereocenters. The fourth-order valence-electron chi connectivity index (χ4n) is 2.93. The molecule has 0 saturated heterocycles. The second kappa shape index (κ2) is 8.73. The highest BCUT2D eigenvalue weighted by molar-refractivity contribution is 6.33. The van der Waals surface area contributed by atoms with Crippen LogP contribution in [0, 0.1) is 11.6 Å². The maximum absolute atomic E-state index is 13.6. The van der Waals surface area contributed by atoms with E-state index in [4.69, 9.17) is 20.8 Å². The van der Waals surface area contributed by atoms with Crippen molar-refractivity contribution in [3.8, 4) is 17.2 Å². The quantitative estimate of drug-likeness (QED) is 0.348. The molecule has 158 valence electrons. The van der Waals surface area contributed by atoms with Crippen LogP contribution >= 0.6 is 11.6 Å². The third-order valence-electron chi connectivity index (χ3n) is 4.48. The Morgan fingerprint density at radius 3 is 2.58 bits per heavy atom. The third-order valence-corrected chi connectivity index (χ3v) is 4.79. The number of anilines is 1. The van der Waals surface area contributed by atoms with Crippen LogP contribution in [-0.2, 0) is 0 Å². The summed E-state index contributed by atoms with van der Waals surface area (Å²) >= 11 is 6.00. The largest absolute Gasteiger partial charge is 0.494 e. The second-order valence-corrected chi connectivity index (χ2v) is 7.18. The number of aromatic nitrogens is 1. The van der Waals surface area contributed by atoms with Gasteiger partial charge in [0.05, 0.1) is 17.2 Å². The number of ether oxygens (including phenoxy) is 1. The normalized spacial score (nSPS) is 11.0. The zero-order valence-corrected chi connectivity index (χ0v) is 17.2. The highest BCUT2D eigenvalue weighted by atomic mass is 35.5. The SMILES string of the molecule is CCCOc1ccc(C(=O)Nc2ccc3oc(-c4cc(F)c(F)cc4Cl)nc3c2)cc1. The molecule has 1 aromatic heterocycles. The van der Waals surface area contributed by atoms with Gasteiger partial charge in [-0.3, -0.25) is 4.79 Å². The topological polar surface area (TPSA) is 64.4 Å². The highest BCUT2D eigenvalue weighted by Crippen LogP contribution is 2.32. The molecule has 1 N–H and O–H groups in total. The Morgan fingerprint density at radius 2 is 1.84 bits per heavy atom. The molecule has 0 atom stereocenters. The lowest BCUT2D eigenvalue weighted by Gasteiger charge is -2.07. The van der Waals surface area contributed by atoms with Gasteiger partial charge in [0, 0.05) is 11.3 Å². The Hall–Kier alpha value is -3.45. The van der Waals surface area contributed by atoms with Crippen molar-refractivity contribution in [1.29, 1.82) is 0 Å². The molecule has 0 aliphatic heterocycles. The maximum Gasteiger partial charge on any atom is 0.255 e. The molecule has 1 heterocycles. The average Bonchev–Trinajstić information content (AvgIpc) is 3.18. The van der Waals surface area contributed by atoms with E-state index in [1.54, 1.807) is 42.5 Å². The van der Waals surface area contributed by atoms with Crippen molar-refractivity contribution in [2.45, 2.75) is 13.3 Å². The zero-order chi connectivity index (χ0) is 22.0. The van der Waals surface area contributed by atoms with Gasteiger partial charge in [0.1, 0.15) is 11.3 Å². The molecule has 4 rings (SSSR count). The van der Waals surface area contributed by atoms with Crippen molar-refractivity contribution in [1.82, 2.24) is 4.98 Å². The number of halogens is 3. The fourth-order valence-corrected chi connectivity index (χ4v) is 3.16. The van der Waals surface area contributed by atoms with E-state index in [9.17, 15) is 13.6 Å². The Morgan fingerprint density at radius 1 is 1.10 bits per heavy atom. The lowest BCUT2D eigenvalue weighted by atomic mass is 10.2. The number of nitrogens with zero attached hydrogens (tertiary/aromatic N) is 1. The summed E-state index contributed by atoms with van der Waals surface area (Å²) in [4.78, 5) is 16.8. The molecule has 4 aromatic rings. The van der Waals surface area contributed by atoms with Crippen molar-refractivity contribution in [2.24, 2.45) is 0 Å². The molecule has 1 amide bonds. The van der Waals surface area contributed by atoms with Crippen LogP contribution < -0.4 is 10.1 Å². The van der Waals surface area contributed by atoms with Gasteiger partial charge < -0.3 is 14.5 Å². The molecule has 0 aliphatic carbocycles. The number of benzene rings is 3. The Balaban J connectivity index is 1.54. The van der Waals surface area contributed by atoms with Gasteiger partial charge in [-0.2, -0.15) is 0 Å². The van der Waals surface area contributed by atoms with Crippen LogP contribution in [0.5, 0.6) is 5.75 Å². The summed E-state index contributed by atoms with van der Waals surface area (Å²) in [6, 6.07) is 13.5. The summed E-state index contributed by atoms with van der Waals surface area (Å²) in [5, 5.41) is 2.77. The van der Waals surface area contributed by atoms with Crippen LogP contribution in [0.25, 0.3) is 22.6 Å². The van der Waals surface area contributed by atoms with Gasteiger partial charge in [0.15, 0.2) is 17.2 Å². The molecular formula is C23H17ClF2N2O3. The van der Waals surface area contributed by atoms with Gasteiger partial charge in [0.25, 0.3) is 5.91 Å². The molecule has 8 heteroatoms. The summed E-state index contributed by atoms with van der Waals surface area (Å²) in [5.74, 6) is -1.66. The first kappa shape index (κ1) is 20.8. The molecule has 0 spiro atoms. The predicted octanol–water partition coefficient (Wildman–Crippen LogP) is 6.47. The van der Waals surface area contributed by atoms with E-state index < -0.39 is 11.6 Å². The van der Waals surface area contributed by atoms with E-state index >= 15 is 0 Å². The van der Waals surface area contributed by atoms with E-state index in [0.717, 1.165) is 18.6 Å². The molecule has 0 aliphatic rings. The number of carbonyl (C=O) groups excluding carboxylic acids is 1. The fraction of sp³-hybridized carbons (Fsp3) is 0.130. The van der Waals surface area contributed by atoms with Gasteiger partial charge in [-0.05, 0) is 61.0 Å². The van der Waals surface area contributed by atoms with Crippen LogP contribution in [0.3, 0.4) is 0 Å². The molecule has 5 nitrogen and oxygen atoms in total. The lowest BCUT2D eigenvalue weighted by Crippen LogP contribution is -2.11. The Kier molecular flexibility index (Phi) is 5.86. The van der Waals surface area contributed by atoms with E-state index in [-0.39, 0.29) is 22.4 Å². The van der Waals surface area contributed by atoms with Crippen molar-refractivity contribution in [3.63, 3.8) is 0 Å². The number of fused-ring (bicyclic) bond motifs is 1. The maximum atomic E-state index is 13.6. The van der Waals surface area contributed by atoms with Crippen LogP contribution in [0.1, 0.15) is 23.7 Å². The highest BCUT2D eigenvalue weighted by Gasteiger charge is 2.16. The van der Waals surface area contributed by atoms with Crippen molar-refractivity contribution in [2.75, 3.05) is 11.9 Å². The number of hydrogen-bond donors (Lipinski definition) is 1. The molecule has 0 saturated carbocycles. The van der Waals surface area contributed by atoms with Crippen molar-refractivity contribution in [3.05, 3.63) is 76.8 Å². The van der Waals surface area contributed by atoms with Gasteiger partial charge in [-0.1, -0.05) is 18.5 Å². The number of carbonyl (C=O) groups is 1. The monoisotopic (exact) mass is 442 g/mol. The predicted molar refractivity (Wildman–Crippen MR) is 115 cm³/mol. The molecule has 0 fully saturated rings. The van der Waals surface area contributed by atoms with E-state index in [0.29, 0.717) is 34.7 Å². The minimum absolute atomic E-state index is 0.0228. The standard InChI is InChI=1S/C23H17ClF2N2O3/c1-2-9-30-15-6-3-13(4-7-15)22(29)27-14-5-8-21-20(10-14)28-23(31-21)16-11-18(25)19(26)12-17(16)24/h3-8,10-12H,2,9H2,1H3,(H,27,29). The van der Waals surface area contributed by atoms with Crippen molar-refractivity contribution >= 4 is 34.3 Å². The van der Waals surface area contributed by atoms with Crippen LogP contribution in [0.2, 0.25) is 5.02 Å². The molecule has 0 radical (unpaired) electrons. The van der Waals surface area contributed by atoms with Gasteiger partial charge >= 0.3 is 0 Å². The van der Waals surface area contributed by atoms with Gasteiger partial charge in [-0.15, -0.1) is 0 Å². The van der Waals surface area contributed by atoms with E-state index in [2.05, 4.69) is 10.3 Å². The number of amides is 1. The van der Waals surface area contributed by atoms with E-state index in [1.807, 2.05) is 6.92 Å². The summed E-state index contributed by atoms with van der Waals surface area (Å²) < 4.78 is 38.0. The number of hydrogen-bond acceptors (Lipinski definition) is 4. The lowest BCUT2D eigenvalue weighted by molar-refractivity contribution is 0.102. The third kappa shape index (κ3) is 4.51. The van der Waals surface area contributed by atoms with Crippen LogP contribution in [0.4, 0.5) is 14.5 Å². The minimum Gasteiger partial charge on any atom is -0.494 e. The van der Waals surface area contributed by atoms with Crippen LogP contribution in [-0.4, -0.2) is 17.5 Å². The van der Waals surface area contributed by atoms with Gasteiger partial charge in [-0.25, -0.2) is 13.8 Å². The summed E-state index contributed by atoms with van der Waals surface area (Å²) in [6.07, 6.45) is 0.900. The molecule has 0 bridgehead atoms. The summed E-state index contributed by atoms with van der Waals surface area (Å²) in [6.45, 7) is 2.63. The first-order valence-electron chi connectivity index (χ1n) is 9.54. The summed E-state index contributed by atoms with van der Waals surface area (Å²) in [7, 11) is 0. The molecular weight excluding hydrogens is 426 g/mol. The first-order valence-corrected chi connectivity index (χ1v) is 9.92. The second-order valence-electron chi connectivity index (χ2n) is 6.77. The smallest absolute Gasteiger partial charge is 0.255 e. The minimum atomic E-state index is -1.06. The summed E-state index contributed by atoms with van der Waals surface area (Å²) in [5.41, 5.74) is 1.94. The van der Waals surface area contributed by atoms with E-state index in [1.165, 1.54) is 0 Å². The Bertz CT molecular complexity index is 1260.